The van der Waals surface area contributed by atoms with Crippen molar-refractivity contribution >= 4 is 5.91 Å². The average molecular weight is 358 g/mol. The van der Waals surface area contributed by atoms with Gasteiger partial charge in [-0.05, 0) is 38.0 Å². The number of rotatable bonds is 2. The lowest BCUT2D eigenvalue weighted by Crippen LogP contribution is -2.52. The number of hydrogen-bond acceptors (Lipinski definition) is 2. The van der Waals surface area contributed by atoms with Crippen LogP contribution in [0.4, 0.5) is 26.3 Å². The van der Waals surface area contributed by atoms with Gasteiger partial charge in [0, 0.05) is 31.6 Å². The second kappa shape index (κ2) is 5.78. The van der Waals surface area contributed by atoms with Gasteiger partial charge in [0.25, 0.3) is 0 Å². The lowest BCUT2D eigenvalue weighted by atomic mass is 9.85. The maximum Gasteiger partial charge on any atom is 0.404 e. The van der Waals surface area contributed by atoms with Crippen LogP contribution in [0.5, 0.6) is 0 Å². The van der Waals surface area contributed by atoms with Crippen molar-refractivity contribution in [2.24, 2.45) is 11.3 Å². The molecular weight excluding hydrogens is 338 g/mol. The molecule has 0 radical (unpaired) electrons. The molecule has 0 saturated carbocycles. The van der Waals surface area contributed by atoms with Gasteiger partial charge in [0.05, 0.1) is 0 Å². The molecule has 2 bridgehead atoms. The van der Waals surface area contributed by atoms with E-state index >= 15 is 0 Å². The quantitative estimate of drug-likeness (QED) is 0.769. The summed E-state index contributed by atoms with van der Waals surface area (Å²) < 4.78 is 78.3. The van der Waals surface area contributed by atoms with Gasteiger partial charge in [0.1, 0.15) is 0 Å². The van der Waals surface area contributed by atoms with Crippen molar-refractivity contribution in [1.29, 1.82) is 0 Å². The number of alkyl halides is 6. The Balaban J connectivity index is 1.65. The summed E-state index contributed by atoms with van der Waals surface area (Å²) in [5.41, 5.74) is -3.79. The zero-order chi connectivity index (χ0) is 17.8. The predicted molar refractivity (Wildman–Crippen MR) is 73.0 cm³/mol. The van der Waals surface area contributed by atoms with E-state index in [9.17, 15) is 31.1 Å². The molecule has 0 spiro atoms. The molecule has 2 unspecified atom stereocenters. The third-order valence-electron chi connectivity index (χ3n) is 5.74. The van der Waals surface area contributed by atoms with Crippen LogP contribution in [0.1, 0.15) is 38.5 Å². The normalized spacial score (nSPS) is 33.1. The van der Waals surface area contributed by atoms with Gasteiger partial charge in [0.15, 0.2) is 5.41 Å². The maximum atomic E-state index is 13.1. The summed E-state index contributed by atoms with van der Waals surface area (Å²) in [6.07, 6.45) is -8.32. The molecule has 24 heavy (non-hydrogen) atoms. The van der Waals surface area contributed by atoms with E-state index in [-0.39, 0.29) is 12.3 Å². The van der Waals surface area contributed by atoms with E-state index in [1.54, 1.807) is 0 Å². The highest BCUT2D eigenvalue weighted by molar-refractivity contribution is 5.77. The number of amides is 1. The Kier molecular flexibility index (Phi) is 4.29. The lowest BCUT2D eigenvalue weighted by Gasteiger charge is -2.34. The van der Waals surface area contributed by atoms with Crippen molar-refractivity contribution in [3.8, 4) is 0 Å². The van der Waals surface area contributed by atoms with E-state index in [4.69, 9.17) is 0 Å². The molecule has 2 atom stereocenters. The van der Waals surface area contributed by atoms with Gasteiger partial charge in [-0.2, -0.15) is 26.3 Å². The van der Waals surface area contributed by atoms with Crippen LogP contribution in [0.15, 0.2) is 0 Å². The molecule has 3 aliphatic rings. The van der Waals surface area contributed by atoms with Gasteiger partial charge in [0.2, 0.25) is 5.91 Å². The Hall–Kier alpha value is -0.990. The fourth-order valence-corrected chi connectivity index (χ4v) is 4.36. The minimum Gasteiger partial charge on any atom is -0.341 e. The summed E-state index contributed by atoms with van der Waals surface area (Å²) in [5, 5.41) is 3.39. The highest BCUT2D eigenvalue weighted by Gasteiger charge is 2.72. The average Bonchev–Trinajstić information content (AvgIpc) is 3.02. The molecular formula is C15H20F6N2O. The molecule has 1 N–H and O–H groups in total. The third kappa shape index (κ3) is 2.99. The fraction of sp³-hybridized carbons (Fsp3) is 0.933. The van der Waals surface area contributed by atoms with Crippen molar-refractivity contribution in [1.82, 2.24) is 10.2 Å². The van der Waals surface area contributed by atoms with Crippen LogP contribution in [-0.2, 0) is 4.79 Å². The first-order valence-corrected chi connectivity index (χ1v) is 8.19. The van der Waals surface area contributed by atoms with Crippen LogP contribution in [-0.4, -0.2) is 48.3 Å². The molecule has 0 aromatic carbocycles. The largest absolute Gasteiger partial charge is 0.404 e. The molecule has 9 heteroatoms. The molecule has 0 aromatic heterocycles. The zero-order valence-electron chi connectivity index (χ0n) is 13.0. The Morgan fingerprint density at radius 3 is 2.04 bits per heavy atom. The first-order valence-electron chi connectivity index (χ1n) is 8.19. The van der Waals surface area contributed by atoms with Crippen LogP contribution in [0.25, 0.3) is 0 Å². The molecule has 3 rings (SSSR count). The van der Waals surface area contributed by atoms with Crippen molar-refractivity contribution in [2.45, 2.75) is 63.0 Å². The topological polar surface area (TPSA) is 32.3 Å². The van der Waals surface area contributed by atoms with Crippen LogP contribution in [0.2, 0.25) is 0 Å². The number of hydrogen-bond donors (Lipinski definition) is 1. The van der Waals surface area contributed by atoms with E-state index in [1.165, 1.54) is 0 Å². The van der Waals surface area contributed by atoms with Crippen molar-refractivity contribution in [2.75, 3.05) is 13.1 Å². The number of fused-ring (bicyclic) bond motifs is 2. The van der Waals surface area contributed by atoms with Crippen LogP contribution in [0.3, 0.4) is 0 Å². The monoisotopic (exact) mass is 358 g/mol. The highest BCUT2D eigenvalue weighted by atomic mass is 19.4. The van der Waals surface area contributed by atoms with Crippen molar-refractivity contribution in [3.63, 3.8) is 0 Å². The Morgan fingerprint density at radius 2 is 1.58 bits per heavy atom. The first kappa shape index (κ1) is 17.8. The van der Waals surface area contributed by atoms with Gasteiger partial charge in [-0.25, -0.2) is 0 Å². The number of likely N-dealkylation sites (tertiary alicyclic amines) is 1. The van der Waals surface area contributed by atoms with E-state index in [0.29, 0.717) is 12.1 Å². The molecule has 0 aromatic rings. The second-order valence-electron chi connectivity index (χ2n) is 7.32. The van der Waals surface area contributed by atoms with E-state index in [1.807, 2.05) is 0 Å². The SMILES string of the molecule is O=C(CC1CC2CCC(C1)N2)N1CCC(C(F)(F)F)(C(F)(F)F)C1. The lowest BCUT2D eigenvalue weighted by molar-refractivity contribution is -0.334. The van der Waals surface area contributed by atoms with Crippen molar-refractivity contribution < 1.29 is 31.1 Å². The molecule has 0 aliphatic carbocycles. The van der Waals surface area contributed by atoms with Crippen LogP contribution >= 0.6 is 0 Å². The maximum absolute atomic E-state index is 13.1. The molecule has 3 saturated heterocycles. The summed E-state index contributed by atoms with van der Waals surface area (Å²) in [6, 6.07) is 0.647. The zero-order valence-corrected chi connectivity index (χ0v) is 13.0. The summed E-state index contributed by atoms with van der Waals surface area (Å²) in [5.74, 6) is -0.542. The Morgan fingerprint density at radius 1 is 1.04 bits per heavy atom. The van der Waals surface area contributed by atoms with Gasteiger partial charge in [-0.1, -0.05) is 0 Å². The molecule has 3 aliphatic heterocycles. The Bertz CT molecular complexity index is 477. The summed E-state index contributed by atoms with van der Waals surface area (Å²) >= 11 is 0. The number of carbonyl (C=O) groups excluding carboxylic acids is 1. The summed E-state index contributed by atoms with van der Waals surface area (Å²) in [4.78, 5) is 13.0. The first-order chi connectivity index (χ1) is 11.0. The van der Waals surface area contributed by atoms with Gasteiger partial charge in [-0.15, -0.1) is 0 Å². The molecule has 1 amide bonds. The Labute approximate surface area is 135 Å². The molecule has 3 nitrogen and oxygen atoms in total. The van der Waals surface area contributed by atoms with E-state index in [0.717, 1.165) is 30.6 Å². The fourth-order valence-electron chi connectivity index (χ4n) is 4.36. The molecule has 138 valence electrons. The van der Waals surface area contributed by atoms with Crippen LogP contribution in [0, 0.1) is 11.3 Å². The number of halogens is 6. The molecule has 3 fully saturated rings. The summed E-state index contributed by atoms with van der Waals surface area (Å²) in [7, 11) is 0. The minimum atomic E-state index is -5.41. The predicted octanol–water partition coefficient (Wildman–Crippen LogP) is 3.25. The number of nitrogens with one attached hydrogen (secondary N) is 1. The number of piperidine rings is 1. The number of nitrogens with zero attached hydrogens (tertiary/aromatic N) is 1. The van der Waals surface area contributed by atoms with E-state index in [2.05, 4.69) is 5.32 Å². The van der Waals surface area contributed by atoms with Gasteiger partial charge in [-0.3, -0.25) is 4.79 Å². The van der Waals surface area contributed by atoms with Crippen LogP contribution < -0.4 is 5.32 Å². The van der Waals surface area contributed by atoms with Crippen molar-refractivity contribution in [3.05, 3.63) is 0 Å². The van der Waals surface area contributed by atoms with Gasteiger partial charge >= 0.3 is 12.4 Å². The summed E-state index contributed by atoms with van der Waals surface area (Å²) in [6.45, 7) is -1.80. The third-order valence-corrected chi connectivity index (χ3v) is 5.74. The van der Waals surface area contributed by atoms with Gasteiger partial charge < -0.3 is 10.2 Å². The standard InChI is InChI=1S/C15H20F6N2O/c16-14(17,18)13(15(19,20)21)3-4-23(8-13)12(24)7-9-5-10-1-2-11(6-9)22-10/h9-11,22H,1-8H2. The minimum absolute atomic E-state index is 0.0421. The smallest absolute Gasteiger partial charge is 0.341 e. The second-order valence-corrected chi connectivity index (χ2v) is 7.32. The van der Waals surface area contributed by atoms with E-state index < -0.39 is 43.2 Å². The number of carbonyl (C=O) groups is 1. The molecule has 3 heterocycles. The highest BCUT2D eigenvalue weighted by Crippen LogP contribution is 2.55.